The fourth-order valence-electron chi connectivity index (χ4n) is 1.98. The Morgan fingerprint density at radius 2 is 2.15 bits per heavy atom. The van der Waals surface area contributed by atoms with Gasteiger partial charge in [-0.3, -0.25) is 4.68 Å². The van der Waals surface area contributed by atoms with E-state index >= 15 is 0 Å². The van der Waals surface area contributed by atoms with E-state index in [2.05, 4.69) is 44.9 Å². The lowest BCUT2D eigenvalue weighted by atomic mass is 10.1. The van der Waals surface area contributed by atoms with Crippen molar-refractivity contribution >= 4 is 16.5 Å². The van der Waals surface area contributed by atoms with Gasteiger partial charge in [-0.05, 0) is 24.1 Å². The first-order chi connectivity index (χ1) is 9.70. The van der Waals surface area contributed by atoms with E-state index < -0.39 is 0 Å². The highest BCUT2D eigenvalue weighted by Gasteiger charge is 2.03. The molecule has 1 aromatic carbocycles. The summed E-state index contributed by atoms with van der Waals surface area (Å²) in [6.45, 7) is 2.69. The Morgan fingerprint density at radius 1 is 1.25 bits per heavy atom. The highest BCUT2D eigenvalue weighted by atomic mass is 32.1. The van der Waals surface area contributed by atoms with Gasteiger partial charge in [-0.1, -0.05) is 29.5 Å². The molecule has 0 bridgehead atoms. The van der Waals surface area contributed by atoms with Gasteiger partial charge in [0, 0.05) is 25.4 Å². The molecule has 3 aromatic rings. The van der Waals surface area contributed by atoms with Gasteiger partial charge >= 0.3 is 0 Å². The molecule has 0 saturated heterocycles. The maximum atomic E-state index is 4.20. The summed E-state index contributed by atoms with van der Waals surface area (Å²) in [4.78, 5) is 0. The van der Waals surface area contributed by atoms with Crippen LogP contribution in [0.2, 0.25) is 0 Å². The molecule has 0 saturated carbocycles. The number of aryl methyl sites for hydroxylation is 2. The molecule has 0 spiro atoms. The van der Waals surface area contributed by atoms with Crippen LogP contribution in [0, 0.1) is 6.92 Å². The average molecular weight is 285 g/mol. The standard InChI is InChI=1S/C14H15N5S/c1-10-17-18-14(20-10)15-7-11-4-3-5-12(6-11)13-8-16-19(2)9-13/h3-6,8-9H,7H2,1-2H3,(H,15,18). The van der Waals surface area contributed by atoms with Crippen LogP contribution in [0.4, 0.5) is 5.13 Å². The van der Waals surface area contributed by atoms with Gasteiger partial charge in [-0.2, -0.15) is 5.10 Å². The normalized spacial score (nSPS) is 10.7. The number of nitrogens with one attached hydrogen (secondary N) is 1. The van der Waals surface area contributed by atoms with E-state index in [9.17, 15) is 0 Å². The van der Waals surface area contributed by atoms with E-state index in [1.807, 2.05) is 31.0 Å². The molecule has 2 aromatic heterocycles. The Balaban J connectivity index is 1.74. The van der Waals surface area contributed by atoms with Crippen molar-refractivity contribution in [3.63, 3.8) is 0 Å². The van der Waals surface area contributed by atoms with Crippen molar-refractivity contribution in [3.8, 4) is 11.1 Å². The molecule has 0 radical (unpaired) electrons. The number of hydrogen-bond acceptors (Lipinski definition) is 5. The summed E-state index contributed by atoms with van der Waals surface area (Å²) in [7, 11) is 1.92. The third-order valence-corrected chi connectivity index (χ3v) is 3.73. The van der Waals surface area contributed by atoms with Gasteiger partial charge in [0.2, 0.25) is 5.13 Å². The van der Waals surface area contributed by atoms with Crippen LogP contribution in [0.15, 0.2) is 36.7 Å². The van der Waals surface area contributed by atoms with E-state index in [1.165, 1.54) is 11.1 Å². The van der Waals surface area contributed by atoms with Gasteiger partial charge in [-0.15, -0.1) is 10.2 Å². The third kappa shape index (κ3) is 2.85. The van der Waals surface area contributed by atoms with Crippen LogP contribution in [0.5, 0.6) is 0 Å². The predicted octanol–water partition coefficient (Wildman–Crippen LogP) is 2.86. The minimum absolute atomic E-state index is 0.739. The molecule has 6 heteroatoms. The maximum absolute atomic E-state index is 4.20. The molecule has 0 unspecified atom stereocenters. The summed E-state index contributed by atoms with van der Waals surface area (Å²) >= 11 is 1.56. The van der Waals surface area contributed by atoms with Crippen LogP contribution < -0.4 is 5.32 Å². The van der Waals surface area contributed by atoms with Crippen molar-refractivity contribution in [1.29, 1.82) is 0 Å². The lowest BCUT2D eigenvalue weighted by molar-refractivity contribution is 0.768. The highest BCUT2D eigenvalue weighted by Crippen LogP contribution is 2.20. The van der Waals surface area contributed by atoms with Crippen LogP contribution in [0.25, 0.3) is 11.1 Å². The van der Waals surface area contributed by atoms with Crippen LogP contribution >= 0.6 is 11.3 Å². The monoisotopic (exact) mass is 285 g/mol. The molecule has 5 nitrogen and oxygen atoms in total. The second kappa shape index (κ2) is 5.42. The second-order valence-electron chi connectivity index (χ2n) is 4.58. The van der Waals surface area contributed by atoms with Crippen LogP contribution in [-0.4, -0.2) is 20.0 Å². The first kappa shape index (κ1) is 12.8. The minimum atomic E-state index is 0.739. The minimum Gasteiger partial charge on any atom is -0.356 e. The SMILES string of the molecule is Cc1nnc(NCc2cccc(-c3cnn(C)c3)c2)s1. The number of aromatic nitrogens is 4. The first-order valence-electron chi connectivity index (χ1n) is 6.32. The zero-order chi connectivity index (χ0) is 13.9. The van der Waals surface area contributed by atoms with Crippen molar-refractivity contribution in [2.24, 2.45) is 7.05 Å². The number of hydrogen-bond donors (Lipinski definition) is 1. The summed E-state index contributed by atoms with van der Waals surface area (Å²) in [5.74, 6) is 0. The summed E-state index contributed by atoms with van der Waals surface area (Å²) < 4.78 is 1.81. The van der Waals surface area contributed by atoms with Gasteiger partial charge < -0.3 is 5.32 Å². The first-order valence-corrected chi connectivity index (χ1v) is 7.14. The van der Waals surface area contributed by atoms with Crippen molar-refractivity contribution in [2.75, 3.05) is 5.32 Å². The van der Waals surface area contributed by atoms with Gasteiger partial charge in [-0.25, -0.2) is 0 Å². The molecular weight excluding hydrogens is 270 g/mol. The van der Waals surface area contributed by atoms with E-state index in [1.54, 1.807) is 11.3 Å². The third-order valence-electron chi connectivity index (χ3n) is 2.93. The zero-order valence-electron chi connectivity index (χ0n) is 11.4. The Labute approximate surface area is 121 Å². The average Bonchev–Trinajstić information content (AvgIpc) is 3.06. The lowest BCUT2D eigenvalue weighted by Crippen LogP contribution is -1.98. The van der Waals surface area contributed by atoms with E-state index in [4.69, 9.17) is 0 Å². The molecule has 1 N–H and O–H groups in total. The molecule has 2 heterocycles. The number of benzene rings is 1. The summed E-state index contributed by atoms with van der Waals surface area (Å²) in [5.41, 5.74) is 3.51. The Kier molecular flexibility index (Phi) is 3.47. The lowest BCUT2D eigenvalue weighted by Gasteiger charge is -2.04. The predicted molar refractivity (Wildman–Crippen MR) is 80.6 cm³/mol. The summed E-state index contributed by atoms with van der Waals surface area (Å²) in [6, 6.07) is 8.42. The Morgan fingerprint density at radius 3 is 2.85 bits per heavy atom. The zero-order valence-corrected chi connectivity index (χ0v) is 12.2. The molecular formula is C14H15N5S. The molecule has 3 rings (SSSR count). The van der Waals surface area contributed by atoms with Crippen molar-refractivity contribution in [3.05, 3.63) is 47.2 Å². The fraction of sp³-hybridized carbons (Fsp3) is 0.214. The maximum Gasteiger partial charge on any atom is 0.205 e. The second-order valence-corrected chi connectivity index (χ2v) is 5.76. The van der Waals surface area contributed by atoms with Gasteiger partial charge in [0.1, 0.15) is 5.01 Å². The molecule has 0 fully saturated rings. The van der Waals surface area contributed by atoms with Crippen molar-refractivity contribution in [2.45, 2.75) is 13.5 Å². The van der Waals surface area contributed by atoms with E-state index in [0.717, 1.165) is 22.2 Å². The largest absolute Gasteiger partial charge is 0.356 e. The smallest absolute Gasteiger partial charge is 0.205 e. The number of anilines is 1. The Bertz CT molecular complexity index is 716. The molecule has 0 amide bonds. The Hall–Kier alpha value is -2.21. The van der Waals surface area contributed by atoms with Crippen LogP contribution in [0.1, 0.15) is 10.6 Å². The van der Waals surface area contributed by atoms with Crippen molar-refractivity contribution in [1.82, 2.24) is 20.0 Å². The van der Waals surface area contributed by atoms with Crippen molar-refractivity contribution < 1.29 is 0 Å². The van der Waals surface area contributed by atoms with Gasteiger partial charge in [0.05, 0.1) is 6.20 Å². The number of rotatable bonds is 4. The van der Waals surface area contributed by atoms with E-state index in [0.29, 0.717) is 0 Å². The van der Waals surface area contributed by atoms with Gasteiger partial charge in [0.15, 0.2) is 0 Å². The summed E-state index contributed by atoms with van der Waals surface area (Å²) in [5, 5.41) is 17.4. The fourth-order valence-corrected chi connectivity index (χ4v) is 2.56. The topological polar surface area (TPSA) is 55.6 Å². The molecule has 0 aliphatic rings. The quantitative estimate of drug-likeness (QED) is 0.801. The number of nitrogens with zero attached hydrogens (tertiary/aromatic N) is 4. The molecule has 0 atom stereocenters. The molecule has 0 aliphatic carbocycles. The van der Waals surface area contributed by atoms with Crippen LogP contribution in [-0.2, 0) is 13.6 Å². The van der Waals surface area contributed by atoms with E-state index in [-0.39, 0.29) is 0 Å². The molecule has 20 heavy (non-hydrogen) atoms. The van der Waals surface area contributed by atoms with Gasteiger partial charge in [0.25, 0.3) is 0 Å². The molecule has 102 valence electrons. The summed E-state index contributed by atoms with van der Waals surface area (Å²) in [6.07, 6.45) is 3.89. The highest BCUT2D eigenvalue weighted by molar-refractivity contribution is 7.15. The van der Waals surface area contributed by atoms with Crippen LogP contribution in [0.3, 0.4) is 0 Å². The molecule has 0 aliphatic heterocycles.